The molecule has 0 amide bonds. The van der Waals surface area contributed by atoms with Crippen molar-refractivity contribution in [3.63, 3.8) is 0 Å². The molecule has 2 heterocycles. The summed E-state index contributed by atoms with van der Waals surface area (Å²) in [4.78, 5) is 4.72. The lowest BCUT2D eigenvalue weighted by atomic mass is 10.1. The molecule has 0 saturated heterocycles. The molecule has 94 valence electrons. The highest BCUT2D eigenvalue weighted by molar-refractivity contribution is 7.18. The molecule has 3 aromatic rings. The first kappa shape index (κ1) is 11.3. The Balaban J connectivity index is 1.73. The molecule has 4 rings (SSSR count). The van der Waals surface area contributed by atoms with Crippen LogP contribution in [0.3, 0.4) is 0 Å². The Morgan fingerprint density at radius 1 is 1.21 bits per heavy atom. The number of aromatic nitrogens is 1. The topological polar surface area (TPSA) is 24.9 Å². The van der Waals surface area contributed by atoms with Gasteiger partial charge in [-0.1, -0.05) is 29.8 Å². The number of fused-ring (bicyclic) bond motifs is 2. The fourth-order valence-electron chi connectivity index (χ4n) is 2.51. The van der Waals surface area contributed by atoms with E-state index in [4.69, 9.17) is 16.6 Å². The maximum atomic E-state index is 6.02. The van der Waals surface area contributed by atoms with Crippen LogP contribution in [0.1, 0.15) is 16.6 Å². The van der Waals surface area contributed by atoms with Gasteiger partial charge in [-0.05, 0) is 29.8 Å². The maximum Gasteiger partial charge on any atom is 0.116 e. The van der Waals surface area contributed by atoms with Crippen molar-refractivity contribution >= 4 is 38.8 Å². The molecule has 2 aromatic carbocycles. The van der Waals surface area contributed by atoms with Gasteiger partial charge in [-0.25, -0.2) is 4.98 Å². The normalized spacial score (nSPS) is 17.4. The van der Waals surface area contributed by atoms with Crippen LogP contribution >= 0.6 is 22.9 Å². The average molecular weight is 287 g/mol. The Labute approximate surface area is 120 Å². The molecular formula is C15H11ClN2S. The smallest absolute Gasteiger partial charge is 0.116 e. The Hall–Kier alpha value is -1.58. The summed E-state index contributed by atoms with van der Waals surface area (Å²) in [6.45, 7) is 0. The lowest BCUT2D eigenvalue weighted by molar-refractivity contribution is 0.816. The Morgan fingerprint density at radius 2 is 2.11 bits per heavy atom. The third-order valence-electron chi connectivity index (χ3n) is 3.44. The SMILES string of the molecule is Clc1ccc2nc(C3Cc4ccccc4N3)sc2c1. The molecule has 0 saturated carbocycles. The molecule has 0 aliphatic carbocycles. The number of nitrogens with zero attached hydrogens (tertiary/aromatic N) is 1. The zero-order valence-corrected chi connectivity index (χ0v) is 11.6. The number of thiazole rings is 1. The van der Waals surface area contributed by atoms with E-state index in [1.54, 1.807) is 11.3 Å². The van der Waals surface area contributed by atoms with Gasteiger partial charge in [0.25, 0.3) is 0 Å². The molecule has 1 aromatic heterocycles. The van der Waals surface area contributed by atoms with Crippen molar-refractivity contribution in [1.29, 1.82) is 0 Å². The van der Waals surface area contributed by atoms with Crippen LogP contribution in [0.15, 0.2) is 42.5 Å². The third kappa shape index (κ3) is 1.90. The van der Waals surface area contributed by atoms with Gasteiger partial charge in [0.15, 0.2) is 0 Å². The van der Waals surface area contributed by atoms with Crippen molar-refractivity contribution in [2.75, 3.05) is 5.32 Å². The largest absolute Gasteiger partial charge is 0.375 e. The zero-order chi connectivity index (χ0) is 12.8. The van der Waals surface area contributed by atoms with E-state index in [0.29, 0.717) is 0 Å². The van der Waals surface area contributed by atoms with Gasteiger partial charge in [0, 0.05) is 17.1 Å². The number of benzene rings is 2. The van der Waals surface area contributed by atoms with E-state index in [0.717, 1.165) is 26.7 Å². The molecule has 1 aliphatic heterocycles. The van der Waals surface area contributed by atoms with E-state index in [1.807, 2.05) is 18.2 Å². The molecule has 1 N–H and O–H groups in total. The molecule has 0 radical (unpaired) electrons. The zero-order valence-electron chi connectivity index (χ0n) is 10.1. The standard InChI is InChI=1S/C15H11ClN2S/c16-10-5-6-12-14(8-10)19-15(18-12)13-7-9-3-1-2-4-11(9)17-13/h1-6,8,13,17H,7H2. The highest BCUT2D eigenvalue weighted by Gasteiger charge is 2.24. The van der Waals surface area contributed by atoms with Crippen LogP contribution in [-0.4, -0.2) is 4.98 Å². The summed E-state index contributed by atoms with van der Waals surface area (Å²) in [7, 11) is 0. The van der Waals surface area contributed by atoms with Crippen LogP contribution in [0.5, 0.6) is 0 Å². The van der Waals surface area contributed by atoms with Crippen LogP contribution < -0.4 is 5.32 Å². The van der Waals surface area contributed by atoms with Crippen molar-refractivity contribution in [1.82, 2.24) is 4.98 Å². The van der Waals surface area contributed by atoms with E-state index in [-0.39, 0.29) is 6.04 Å². The molecule has 0 fully saturated rings. The average Bonchev–Trinajstić information content (AvgIpc) is 3.00. The predicted molar refractivity (Wildman–Crippen MR) is 81.1 cm³/mol. The third-order valence-corrected chi connectivity index (χ3v) is 4.80. The Kier molecular flexibility index (Phi) is 2.50. The first-order valence-corrected chi connectivity index (χ1v) is 7.39. The van der Waals surface area contributed by atoms with Gasteiger partial charge in [0.1, 0.15) is 5.01 Å². The maximum absolute atomic E-state index is 6.02. The van der Waals surface area contributed by atoms with E-state index < -0.39 is 0 Å². The van der Waals surface area contributed by atoms with Gasteiger partial charge in [0.05, 0.1) is 16.3 Å². The first-order chi connectivity index (χ1) is 9.29. The second-order valence-electron chi connectivity index (χ2n) is 4.72. The highest BCUT2D eigenvalue weighted by atomic mass is 35.5. The summed E-state index contributed by atoms with van der Waals surface area (Å²) in [6, 6.07) is 14.6. The van der Waals surface area contributed by atoms with Crippen LogP contribution in [0.25, 0.3) is 10.2 Å². The number of anilines is 1. The van der Waals surface area contributed by atoms with Crippen molar-refractivity contribution in [2.45, 2.75) is 12.5 Å². The minimum absolute atomic E-state index is 0.286. The minimum Gasteiger partial charge on any atom is -0.375 e. The van der Waals surface area contributed by atoms with Gasteiger partial charge in [-0.3, -0.25) is 0 Å². The summed E-state index contributed by atoms with van der Waals surface area (Å²) in [6.07, 6.45) is 1.00. The van der Waals surface area contributed by atoms with Crippen LogP contribution in [-0.2, 0) is 6.42 Å². The summed E-state index contributed by atoms with van der Waals surface area (Å²) in [5.41, 5.74) is 3.62. The van der Waals surface area contributed by atoms with Gasteiger partial charge in [0.2, 0.25) is 0 Å². The van der Waals surface area contributed by atoms with Crippen molar-refractivity contribution in [2.24, 2.45) is 0 Å². The Bertz CT molecular complexity index is 741. The van der Waals surface area contributed by atoms with Crippen LogP contribution in [0, 0.1) is 0 Å². The molecule has 0 bridgehead atoms. The number of nitrogens with one attached hydrogen (secondary N) is 1. The molecular weight excluding hydrogens is 276 g/mol. The number of hydrogen-bond acceptors (Lipinski definition) is 3. The quantitative estimate of drug-likeness (QED) is 0.704. The summed E-state index contributed by atoms with van der Waals surface area (Å²) < 4.78 is 1.15. The van der Waals surface area contributed by atoms with E-state index in [9.17, 15) is 0 Å². The van der Waals surface area contributed by atoms with E-state index in [2.05, 4.69) is 29.6 Å². The Morgan fingerprint density at radius 3 is 3.00 bits per heavy atom. The van der Waals surface area contributed by atoms with Crippen molar-refractivity contribution < 1.29 is 0 Å². The molecule has 1 unspecified atom stereocenters. The fraction of sp³-hybridized carbons (Fsp3) is 0.133. The number of halogens is 1. The lowest BCUT2D eigenvalue weighted by Gasteiger charge is -2.06. The molecule has 1 atom stereocenters. The van der Waals surface area contributed by atoms with E-state index >= 15 is 0 Å². The fourth-order valence-corrected chi connectivity index (χ4v) is 3.81. The lowest BCUT2D eigenvalue weighted by Crippen LogP contribution is -2.04. The van der Waals surface area contributed by atoms with Gasteiger partial charge >= 0.3 is 0 Å². The number of para-hydroxylation sites is 1. The molecule has 0 spiro atoms. The molecule has 19 heavy (non-hydrogen) atoms. The summed E-state index contributed by atoms with van der Waals surface area (Å²) in [5.74, 6) is 0. The second kappa shape index (κ2) is 4.22. The predicted octanol–water partition coefficient (Wildman–Crippen LogP) is 4.66. The number of hydrogen-bond donors (Lipinski definition) is 1. The number of rotatable bonds is 1. The monoisotopic (exact) mass is 286 g/mol. The van der Waals surface area contributed by atoms with Crippen molar-refractivity contribution in [3.8, 4) is 0 Å². The van der Waals surface area contributed by atoms with Crippen molar-refractivity contribution in [3.05, 3.63) is 58.1 Å². The molecule has 4 heteroatoms. The minimum atomic E-state index is 0.286. The highest BCUT2D eigenvalue weighted by Crippen LogP contribution is 2.37. The summed E-state index contributed by atoms with van der Waals surface area (Å²) in [5, 5.41) is 5.44. The molecule has 2 nitrogen and oxygen atoms in total. The van der Waals surface area contributed by atoms with Gasteiger partial charge in [-0.2, -0.15) is 0 Å². The second-order valence-corrected chi connectivity index (χ2v) is 6.22. The van der Waals surface area contributed by atoms with Gasteiger partial charge < -0.3 is 5.32 Å². The van der Waals surface area contributed by atoms with Crippen LogP contribution in [0.2, 0.25) is 5.02 Å². The summed E-state index contributed by atoms with van der Waals surface area (Å²) >= 11 is 7.75. The molecule has 1 aliphatic rings. The van der Waals surface area contributed by atoms with Crippen LogP contribution in [0.4, 0.5) is 5.69 Å². The van der Waals surface area contributed by atoms with E-state index in [1.165, 1.54) is 11.3 Å². The first-order valence-electron chi connectivity index (χ1n) is 6.20. The van der Waals surface area contributed by atoms with Gasteiger partial charge in [-0.15, -0.1) is 11.3 Å².